The number of fused-ring (bicyclic) bond motifs is 7. The van der Waals surface area contributed by atoms with E-state index in [2.05, 4.69) is 47.6 Å². The molecular weight excluding hydrogens is 336 g/mol. The maximum atomic E-state index is 2.84. The zero-order valence-corrected chi connectivity index (χ0v) is 19.7. The van der Waals surface area contributed by atoms with E-state index in [0.717, 1.165) is 29.6 Å². The number of hydrogen-bond acceptors (Lipinski definition) is 0. The van der Waals surface area contributed by atoms with Crippen LogP contribution in [0.2, 0.25) is 0 Å². The van der Waals surface area contributed by atoms with Crippen LogP contribution in [-0.2, 0) is 0 Å². The van der Waals surface area contributed by atoms with Gasteiger partial charge in [0.2, 0.25) is 0 Å². The van der Waals surface area contributed by atoms with E-state index in [9.17, 15) is 0 Å². The fourth-order valence-corrected chi connectivity index (χ4v) is 10.2. The second kappa shape index (κ2) is 6.13. The highest BCUT2D eigenvalue weighted by Gasteiger charge is 2.62. The molecule has 4 fully saturated rings. The molecule has 5 aliphatic rings. The normalized spacial score (nSPS) is 55.2. The summed E-state index contributed by atoms with van der Waals surface area (Å²) in [7, 11) is 0. The highest BCUT2D eigenvalue weighted by molar-refractivity contribution is 5.28. The molecule has 0 aliphatic heterocycles. The van der Waals surface area contributed by atoms with Crippen LogP contribution in [0.4, 0.5) is 0 Å². The minimum Gasteiger partial charge on any atom is -0.0844 e. The summed E-state index contributed by atoms with van der Waals surface area (Å²) >= 11 is 0. The van der Waals surface area contributed by atoms with E-state index in [-0.39, 0.29) is 0 Å². The van der Waals surface area contributed by atoms with E-state index >= 15 is 0 Å². The van der Waals surface area contributed by atoms with Crippen molar-refractivity contribution in [1.29, 1.82) is 0 Å². The predicted molar refractivity (Wildman–Crippen MR) is 120 cm³/mol. The number of hydrogen-bond donors (Lipinski definition) is 0. The molecule has 0 amide bonds. The third kappa shape index (κ3) is 2.54. The Balaban J connectivity index is 1.53. The van der Waals surface area contributed by atoms with Gasteiger partial charge in [-0.15, -0.1) is 0 Å². The molecule has 0 aromatic carbocycles. The van der Waals surface area contributed by atoms with Gasteiger partial charge in [-0.2, -0.15) is 0 Å². The zero-order chi connectivity index (χ0) is 19.9. The smallest absolute Gasteiger partial charge is 0.0143 e. The molecule has 0 bridgehead atoms. The number of allylic oxidation sites excluding steroid dienone is 2. The van der Waals surface area contributed by atoms with Gasteiger partial charge < -0.3 is 0 Å². The van der Waals surface area contributed by atoms with E-state index in [1.807, 2.05) is 5.57 Å². The van der Waals surface area contributed by atoms with E-state index in [1.54, 1.807) is 0 Å². The van der Waals surface area contributed by atoms with Gasteiger partial charge in [0.25, 0.3) is 0 Å². The van der Waals surface area contributed by atoms with Gasteiger partial charge >= 0.3 is 0 Å². The van der Waals surface area contributed by atoms with Crippen LogP contribution in [-0.4, -0.2) is 0 Å². The van der Waals surface area contributed by atoms with E-state index < -0.39 is 0 Å². The summed E-state index contributed by atoms with van der Waals surface area (Å²) < 4.78 is 0. The molecule has 0 aromatic heterocycles. The minimum absolute atomic E-state index is 0.558. The van der Waals surface area contributed by atoms with Crippen molar-refractivity contribution < 1.29 is 0 Å². The summed E-state index contributed by atoms with van der Waals surface area (Å²) in [5.41, 5.74) is 4.28. The zero-order valence-electron chi connectivity index (χ0n) is 19.7. The first kappa shape index (κ1) is 19.7. The second-order valence-electron chi connectivity index (χ2n) is 13.6. The first-order chi connectivity index (χ1) is 13.1. The highest BCUT2D eigenvalue weighted by Crippen LogP contribution is 2.71. The highest BCUT2D eigenvalue weighted by atomic mass is 14.7. The van der Waals surface area contributed by atoms with Crippen LogP contribution in [0.15, 0.2) is 11.6 Å². The van der Waals surface area contributed by atoms with Crippen LogP contribution in [0.5, 0.6) is 0 Å². The third-order valence-electron chi connectivity index (χ3n) is 11.7. The van der Waals surface area contributed by atoms with Gasteiger partial charge in [0.05, 0.1) is 0 Å². The van der Waals surface area contributed by atoms with E-state index in [0.29, 0.717) is 21.7 Å². The van der Waals surface area contributed by atoms with Crippen molar-refractivity contribution in [3.05, 3.63) is 11.6 Å². The van der Waals surface area contributed by atoms with Crippen molar-refractivity contribution in [3.8, 4) is 0 Å². The Labute approximate surface area is 175 Å². The fraction of sp³-hybridized carbons (Fsp3) is 0.929. The summed E-state index contributed by atoms with van der Waals surface area (Å²) in [6, 6.07) is 0. The lowest BCUT2D eigenvalue weighted by Gasteiger charge is -2.67. The Bertz CT molecular complexity index is 670. The lowest BCUT2D eigenvalue weighted by atomic mass is 9.37. The summed E-state index contributed by atoms with van der Waals surface area (Å²) in [6.45, 7) is 15.8. The van der Waals surface area contributed by atoms with Crippen LogP contribution in [0.3, 0.4) is 0 Å². The molecule has 0 saturated heterocycles. The third-order valence-corrected chi connectivity index (χ3v) is 11.7. The van der Waals surface area contributed by atoms with Gasteiger partial charge in [-0.25, -0.2) is 0 Å². The van der Waals surface area contributed by atoms with E-state index in [4.69, 9.17) is 0 Å². The number of rotatable bonds is 0. The average Bonchev–Trinajstić information content (AvgIpc) is 2.61. The van der Waals surface area contributed by atoms with Crippen LogP contribution < -0.4 is 0 Å². The SMILES string of the molecule is CC1CCC2(C)CCC3C(=CCC4C3(C)CCC3C(C)(C)CCCC34C)C2C1. The predicted octanol–water partition coefficient (Wildman–Crippen LogP) is 8.42. The average molecular weight is 383 g/mol. The first-order valence-corrected chi connectivity index (χ1v) is 12.8. The standard InChI is InChI=1S/C28H46/c1-19-10-15-26(4)16-11-21-20(22(26)18-19)8-9-24-27(21,5)17-12-23-25(2,3)13-7-14-28(23,24)6/h8,19,21-24H,7,9-18H2,1-6H3. The quantitative estimate of drug-likeness (QED) is 0.369. The van der Waals surface area contributed by atoms with Crippen molar-refractivity contribution in [3.63, 3.8) is 0 Å². The summed E-state index contributed by atoms with van der Waals surface area (Å²) in [5.74, 6) is 4.62. The summed E-state index contributed by atoms with van der Waals surface area (Å²) in [6.07, 6.45) is 19.1. The maximum absolute atomic E-state index is 2.84. The van der Waals surface area contributed by atoms with Crippen LogP contribution in [0, 0.1) is 51.2 Å². The molecule has 0 spiro atoms. The minimum atomic E-state index is 0.558. The van der Waals surface area contributed by atoms with Gasteiger partial charge in [-0.05, 0) is 109 Å². The van der Waals surface area contributed by atoms with Gasteiger partial charge in [0.15, 0.2) is 0 Å². The molecule has 5 aliphatic carbocycles. The molecule has 0 heterocycles. The summed E-state index contributed by atoms with van der Waals surface area (Å²) in [5, 5.41) is 0. The molecule has 8 unspecified atom stereocenters. The Morgan fingerprint density at radius 3 is 2.29 bits per heavy atom. The van der Waals surface area contributed by atoms with Gasteiger partial charge in [-0.1, -0.05) is 66.0 Å². The second-order valence-corrected chi connectivity index (χ2v) is 13.6. The lowest BCUT2D eigenvalue weighted by molar-refractivity contribution is -0.153. The molecule has 0 heteroatoms. The molecule has 158 valence electrons. The first-order valence-electron chi connectivity index (χ1n) is 12.8. The summed E-state index contributed by atoms with van der Waals surface area (Å²) in [4.78, 5) is 0. The molecule has 0 N–H and O–H groups in total. The molecule has 28 heavy (non-hydrogen) atoms. The van der Waals surface area contributed by atoms with Crippen molar-refractivity contribution in [2.45, 2.75) is 112 Å². The Morgan fingerprint density at radius 1 is 0.750 bits per heavy atom. The monoisotopic (exact) mass is 382 g/mol. The molecule has 0 radical (unpaired) electrons. The fourth-order valence-electron chi connectivity index (χ4n) is 10.2. The van der Waals surface area contributed by atoms with Crippen molar-refractivity contribution in [1.82, 2.24) is 0 Å². The molecular formula is C28H46. The molecule has 4 saturated carbocycles. The molecule has 0 aromatic rings. The Morgan fingerprint density at radius 2 is 1.50 bits per heavy atom. The lowest BCUT2D eigenvalue weighted by Crippen LogP contribution is -2.59. The van der Waals surface area contributed by atoms with Crippen molar-refractivity contribution >= 4 is 0 Å². The Hall–Kier alpha value is -0.260. The molecule has 5 rings (SSSR count). The van der Waals surface area contributed by atoms with Crippen LogP contribution >= 0.6 is 0 Å². The topological polar surface area (TPSA) is 0 Å². The van der Waals surface area contributed by atoms with Gasteiger partial charge in [0.1, 0.15) is 0 Å². The van der Waals surface area contributed by atoms with Crippen molar-refractivity contribution in [2.75, 3.05) is 0 Å². The van der Waals surface area contributed by atoms with Crippen LogP contribution in [0.25, 0.3) is 0 Å². The van der Waals surface area contributed by atoms with E-state index in [1.165, 1.54) is 70.6 Å². The van der Waals surface area contributed by atoms with Crippen LogP contribution in [0.1, 0.15) is 112 Å². The largest absolute Gasteiger partial charge is 0.0844 e. The molecule has 0 nitrogen and oxygen atoms in total. The maximum Gasteiger partial charge on any atom is -0.0143 e. The van der Waals surface area contributed by atoms with Gasteiger partial charge in [-0.3, -0.25) is 0 Å². The van der Waals surface area contributed by atoms with Crippen molar-refractivity contribution in [2.24, 2.45) is 51.2 Å². The Kier molecular flexibility index (Phi) is 4.31. The molecule has 8 atom stereocenters. The van der Waals surface area contributed by atoms with Gasteiger partial charge in [0, 0.05) is 0 Å².